The third-order valence-corrected chi connectivity index (χ3v) is 7.99. The molecular formula is C36H21NO2. The quantitative estimate of drug-likeness (QED) is 0.237. The molecule has 0 radical (unpaired) electrons. The first-order valence-corrected chi connectivity index (χ1v) is 13.2. The first-order chi connectivity index (χ1) is 19.3. The molecular weight excluding hydrogens is 478 g/mol. The molecule has 0 bridgehead atoms. The maximum Gasteiger partial charge on any atom is 0.145 e. The molecule has 3 aromatic heterocycles. The van der Waals surface area contributed by atoms with Crippen LogP contribution in [-0.2, 0) is 0 Å². The molecule has 0 atom stereocenters. The van der Waals surface area contributed by atoms with E-state index in [1.54, 1.807) is 0 Å². The highest BCUT2D eigenvalue weighted by Gasteiger charge is 2.18. The predicted octanol–water partition coefficient (Wildman–Crippen LogP) is 10.2. The van der Waals surface area contributed by atoms with Crippen molar-refractivity contribution >= 4 is 65.7 Å². The van der Waals surface area contributed by atoms with E-state index < -0.39 is 0 Å². The first-order valence-electron chi connectivity index (χ1n) is 13.2. The molecule has 9 aromatic rings. The SMILES string of the molecule is c1cc(-c2ccc3oc4ccccc4c3c2)cc(-n2c3ccccc3c3c4oc5ccccc5c4ccc32)c1. The molecule has 182 valence electrons. The minimum Gasteiger partial charge on any atom is -0.456 e. The van der Waals surface area contributed by atoms with Crippen LogP contribution in [-0.4, -0.2) is 4.57 Å². The number of hydrogen-bond donors (Lipinski definition) is 0. The van der Waals surface area contributed by atoms with Crippen molar-refractivity contribution in [3.63, 3.8) is 0 Å². The minimum absolute atomic E-state index is 0.911. The zero-order chi connectivity index (χ0) is 25.5. The van der Waals surface area contributed by atoms with Gasteiger partial charge in [-0.25, -0.2) is 0 Å². The molecule has 39 heavy (non-hydrogen) atoms. The molecule has 0 saturated carbocycles. The second-order valence-electron chi connectivity index (χ2n) is 10.1. The Bertz CT molecular complexity index is 2400. The number of furan rings is 2. The number of aromatic nitrogens is 1. The molecule has 0 aliphatic rings. The van der Waals surface area contributed by atoms with Crippen molar-refractivity contribution in [2.45, 2.75) is 0 Å². The van der Waals surface area contributed by atoms with Crippen LogP contribution in [0, 0.1) is 0 Å². The Morgan fingerprint density at radius 2 is 1.10 bits per heavy atom. The van der Waals surface area contributed by atoms with Crippen molar-refractivity contribution in [1.29, 1.82) is 0 Å². The molecule has 3 heteroatoms. The van der Waals surface area contributed by atoms with E-state index in [9.17, 15) is 0 Å². The van der Waals surface area contributed by atoms with Gasteiger partial charge in [0.2, 0.25) is 0 Å². The maximum atomic E-state index is 6.46. The molecule has 3 heterocycles. The van der Waals surface area contributed by atoms with Crippen molar-refractivity contribution in [2.75, 3.05) is 0 Å². The summed E-state index contributed by atoms with van der Waals surface area (Å²) in [5.74, 6) is 0. The maximum absolute atomic E-state index is 6.46. The molecule has 0 aliphatic heterocycles. The Balaban J connectivity index is 1.30. The Labute approximate surface area is 223 Å². The van der Waals surface area contributed by atoms with Gasteiger partial charge in [-0.15, -0.1) is 0 Å². The van der Waals surface area contributed by atoms with Gasteiger partial charge in [-0.3, -0.25) is 0 Å². The average molecular weight is 500 g/mol. The van der Waals surface area contributed by atoms with Gasteiger partial charge in [-0.2, -0.15) is 0 Å². The standard InChI is InChI=1S/C36H21NO2/c1-4-13-30-28(12-1)35-31(18-17-27-25-10-2-6-15-33(25)39-36(27)35)37(30)24-9-7-8-22(20-24)23-16-19-34-29(21-23)26-11-3-5-14-32(26)38-34/h1-21H. The summed E-state index contributed by atoms with van der Waals surface area (Å²) in [6.45, 7) is 0. The summed E-state index contributed by atoms with van der Waals surface area (Å²) in [5, 5.41) is 6.91. The smallest absolute Gasteiger partial charge is 0.145 e. The van der Waals surface area contributed by atoms with Crippen molar-refractivity contribution in [3.8, 4) is 16.8 Å². The van der Waals surface area contributed by atoms with Gasteiger partial charge >= 0.3 is 0 Å². The van der Waals surface area contributed by atoms with Crippen LogP contribution in [0.4, 0.5) is 0 Å². The summed E-state index contributed by atoms with van der Waals surface area (Å²) in [4.78, 5) is 0. The topological polar surface area (TPSA) is 31.2 Å². The third-order valence-electron chi connectivity index (χ3n) is 7.99. The van der Waals surface area contributed by atoms with E-state index in [4.69, 9.17) is 8.83 Å². The molecule has 0 fully saturated rings. The van der Waals surface area contributed by atoms with Crippen LogP contribution < -0.4 is 0 Å². The van der Waals surface area contributed by atoms with E-state index in [0.717, 1.165) is 77.1 Å². The predicted molar refractivity (Wildman–Crippen MR) is 161 cm³/mol. The van der Waals surface area contributed by atoms with E-state index >= 15 is 0 Å². The van der Waals surface area contributed by atoms with Gasteiger partial charge in [-0.05, 0) is 65.7 Å². The molecule has 0 aliphatic carbocycles. The number of para-hydroxylation sites is 3. The van der Waals surface area contributed by atoms with Crippen LogP contribution in [0.15, 0.2) is 136 Å². The van der Waals surface area contributed by atoms with Crippen LogP contribution >= 0.6 is 0 Å². The Hall–Kier alpha value is -5.28. The van der Waals surface area contributed by atoms with Crippen LogP contribution in [0.3, 0.4) is 0 Å². The number of nitrogens with zero attached hydrogens (tertiary/aromatic N) is 1. The molecule has 0 amide bonds. The van der Waals surface area contributed by atoms with Crippen LogP contribution in [0.2, 0.25) is 0 Å². The summed E-state index contributed by atoms with van der Waals surface area (Å²) >= 11 is 0. The molecule has 0 spiro atoms. The summed E-state index contributed by atoms with van der Waals surface area (Å²) in [7, 11) is 0. The molecule has 6 aromatic carbocycles. The number of rotatable bonds is 2. The fraction of sp³-hybridized carbons (Fsp3) is 0. The lowest BCUT2D eigenvalue weighted by Crippen LogP contribution is -1.94. The summed E-state index contributed by atoms with van der Waals surface area (Å²) in [6, 6.07) is 44.8. The molecule has 0 N–H and O–H groups in total. The van der Waals surface area contributed by atoms with Crippen LogP contribution in [0.1, 0.15) is 0 Å². The highest BCUT2D eigenvalue weighted by Crippen LogP contribution is 2.41. The minimum atomic E-state index is 0.911. The summed E-state index contributed by atoms with van der Waals surface area (Å²) in [6.07, 6.45) is 0. The van der Waals surface area contributed by atoms with Gasteiger partial charge in [0.1, 0.15) is 22.3 Å². The van der Waals surface area contributed by atoms with Gasteiger partial charge in [-0.1, -0.05) is 72.8 Å². The lowest BCUT2D eigenvalue weighted by Gasteiger charge is -2.10. The summed E-state index contributed by atoms with van der Waals surface area (Å²) in [5.41, 5.74) is 9.43. The van der Waals surface area contributed by atoms with Crippen LogP contribution in [0.5, 0.6) is 0 Å². The van der Waals surface area contributed by atoms with E-state index in [-0.39, 0.29) is 0 Å². The van der Waals surface area contributed by atoms with Gasteiger partial charge in [0, 0.05) is 32.6 Å². The highest BCUT2D eigenvalue weighted by molar-refractivity contribution is 6.23. The fourth-order valence-electron chi connectivity index (χ4n) is 6.24. The normalized spacial score (nSPS) is 12.1. The third kappa shape index (κ3) is 2.87. The first kappa shape index (κ1) is 20.7. The summed E-state index contributed by atoms with van der Waals surface area (Å²) < 4.78 is 14.9. The highest BCUT2D eigenvalue weighted by atomic mass is 16.3. The Morgan fingerprint density at radius 3 is 1.97 bits per heavy atom. The zero-order valence-corrected chi connectivity index (χ0v) is 20.9. The Kier molecular flexibility index (Phi) is 4.05. The monoisotopic (exact) mass is 499 g/mol. The van der Waals surface area contributed by atoms with Gasteiger partial charge < -0.3 is 13.4 Å². The Morgan fingerprint density at radius 1 is 0.410 bits per heavy atom. The van der Waals surface area contributed by atoms with E-state index in [1.807, 2.05) is 24.3 Å². The molecule has 0 saturated heterocycles. The van der Waals surface area contributed by atoms with Gasteiger partial charge in [0.25, 0.3) is 0 Å². The largest absolute Gasteiger partial charge is 0.456 e. The van der Waals surface area contributed by atoms with E-state index in [2.05, 4.69) is 108 Å². The number of hydrogen-bond acceptors (Lipinski definition) is 2. The number of fused-ring (bicyclic) bond motifs is 10. The second-order valence-corrected chi connectivity index (χ2v) is 10.1. The molecule has 0 unspecified atom stereocenters. The lowest BCUT2D eigenvalue weighted by molar-refractivity contribution is 0.669. The van der Waals surface area contributed by atoms with Crippen molar-refractivity contribution in [3.05, 3.63) is 127 Å². The van der Waals surface area contributed by atoms with E-state index in [1.165, 1.54) is 5.39 Å². The van der Waals surface area contributed by atoms with Crippen molar-refractivity contribution < 1.29 is 8.83 Å². The van der Waals surface area contributed by atoms with Gasteiger partial charge in [0.05, 0.1) is 16.4 Å². The molecule has 3 nitrogen and oxygen atoms in total. The van der Waals surface area contributed by atoms with Gasteiger partial charge in [0.15, 0.2) is 0 Å². The van der Waals surface area contributed by atoms with Crippen molar-refractivity contribution in [1.82, 2.24) is 4.57 Å². The lowest BCUT2D eigenvalue weighted by atomic mass is 10.0. The van der Waals surface area contributed by atoms with Crippen LogP contribution in [0.25, 0.3) is 82.5 Å². The second kappa shape index (κ2) is 7.62. The number of benzene rings is 6. The van der Waals surface area contributed by atoms with Crippen molar-refractivity contribution in [2.24, 2.45) is 0 Å². The average Bonchev–Trinajstić information content (AvgIpc) is 3.66. The van der Waals surface area contributed by atoms with E-state index in [0.29, 0.717) is 0 Å². The zero-order valence-electron chi connectivity index (χ0n) is 20.9. The molecule has 9 rings (SSSR count). The fourth-order valence-corrected chi connectivity index (χ4v) is 6.24.